The predicted molar refractivity (Wildman–Crippen MR) is 53.0 cm³/mol. The van der Waals surface area contributed by atoms with Gasteiger partial charge in [-0.1, -0.05) is 23.8 Å². The molecule has 58 valence electrons. The average molecular weight is 187 g/mol. The minimum absolute atomic E-state index is 0.408. The third kappa shape index (κ3) is 1.91. The summed E-state index contributed by atoms with van der Waals surface area (Å²) in [6.07, 6.45) is 0. The zero-order valence-electron chi connectivity index (χ0n) is 6.57. The normalized spacial score (nSPS) is 9.82. The lowest BCUT2D eigenvalue weighted by molar-refractivity contribution is 1.37. The Labute approximate surface area is 77.4 Å². The van der Waals surface area contributed by atoms with Gasteiger partial charge in [-0.25, -0.2) is 0 Å². The van der Waals surface area contributed by atoms with E-state index in [9.17, 15) is 0 Å². The number of hydrogen-bond donors (Lipinski definition) is 0. The molecule has 11 heavy (non-hydrogen) atoms. The van der Waals surface area contributed by atoms with Crippen LogP contribution >= 0.6 is 22.9 Å². The van der Waals surface area contributed by atoms with E-state index < -0.39 is 5.54 Å². The molecule has 1 aromatic carbocycles. The Balaban J connectivity index is 3.17. The van der Waals surface area contributed by atoms with Gasteiger partial charge in [0.05, 0.1) is 0 Å². The molecular formula is C8H9BCl2. The van der Waals surface area contributed by atoms with E-state index >= 15 is 0 Å². The maximum absolute atomic E-state index is 5.75. The number of rotatable bonds is 1. The van der Waals surface area contributed by atoms with Gasteiger partial charge in [-0.05, 0) is 24.9 Å². The maximum Gasteiger partial charge on any atom is 0.383 e. The summed E-state index contributed by atoms with van der Waals surface area (Å²) < 4.78 is 0. The summed E-state index contributed by atoms with van der Waals surface area (Å²) in [5, 5.41) is 0. The maximum atomic E-state index is 5.75. The first-order chi connectivity index (χ1) is 5.13. The van der Waals surface area contributed by atoms with E-state index in [1.54, 1.807) is 0 Å². The molecule has 0 aromatic heterocycles. The van der Waals surface area contributed by atoms with E-state index in [1.807, 2.05) is 19.1 Å². The van der Waals surface area contributed by atoms with E-state index in [2.05, 4.69) is 13.0 Å². The van der Waals surface area contributed by atoms with Crippen molar-refractivity contribution in [1.29, 1.82) is 0 Å². The van der Waals surface area contributed by atoms with E-state index in [1.165, 1.54) is 11.1 Å². The lowest BCUT2D eigenvalue weighted by Crippen LogP contribution is -2.21. The monoisotopic (exact) mass is 186 g/mol. The standard InChI is InChI=1S/C8H9BCl2/c1-6-4-3-5-8(7(6)2)9(10)11/h3-5H,1-2H3. The van der Waals surface area contributed by atoms with Gasteiger partial charge in [0.15, 0.2) is 0 Å². The quantitative estimate of drug-likeness (QED) is 0.592. The van der Waals surface area contributed by atoms with Crippen LogP contribution in [0.4, 0.5) is 0 Å². The number of hydrogen-bond acceptors (Lipinski definition) is 0. The van der Waals surface area contributed by atoms with Gasteiger partial charge < -0.3 is 0 Å². The van der Waals surface area contributed by atoms with Gasteiger partial charge in [-0.15, -0.1) is 0 Å². The van der Waals surface area contributed by atoms with Crippen LogP contribution in [0.15, 0.2) is 18.2 Å². The SMILES string of the molecule is Cc1cccc(B(Cl)Cl)c1C. The summed E-state index contributed by atoms with van der Waals surface area (Å²) in [6, 6.07) is 5.97. The van der Waals surface area contributed by atoms with Crippen LogP contribution in [0.25, 0.3) is 0 Å². The molecule has 0 saturated heterocycles. The molecule has 0 saturated carbocycles. The highest BCUT2D eigenvalue weighted by Crippen LogP contribution is 2.07. The van der Waals surface area contributed by atoms with Gasteiger partial charge in [0.2, 0.25) is 0 Å². The Morgan fingerprint density at radius 1 is 1.18 bits per heavy atom. The first-order valence-electron chi connectivity index (χ1n) is 3.47. The topological polar surface area (TPSA) is 0 Å². The Hall–Kier alpha value is -0.135. The van der Waals surface area contributed by atoms with Crippen molar-refractivity contribution < 1.29 is 0 Å². The van der Waals surface area contributed by atoms with Crippen molar-refractivity contribution in [1.82, 2.24) is 0 Å². The summed E-state index contributed by atoms with van der Waals surface area (Å²) in [7, 11) is 0. The molecule has 0 atom stereocenters. The van der Waals surface area contributed by atoms with Crippen LogP contribution in [-0.2, 0) is 0 Å². The lowest BCUT2D eigenvalue weighted by atomic mass is 9.86. The van der Waals surface area contributed by atoms with Crippen LogP contribution in [0.5, 0.6) is 0 Å². The van der Waals surface area contributed by atoms with E-state index in [0.29, 0.717) is 0 Å². The first kappa shape index (κ1) is 8.96. The molecule has 1 aromatic rings. The second kappa shape index (κ2) is 3.51. The molecule has 0 bridgehead atoms. The fourth-order valence-corrected chi connectivity index (χ4v) is 1.48. The van der Waals surface area contributed by atoms with Gasteiger partial charge >= 0.3 is 5.54 Å². The van der Waals surface area contributed by atoms with Crippen molar-refractivity contribution in [3.8, 4) is 0 Å². The van der Waals surface area contributed by atoms with E-state index in [0.717, 1.165) is 5.46 Å². The molecule has 0 unspecified atom stereocenters. The smallest absolute Gasteiger partial charge is 0.165 e. The lowest BCUT2D eigenvalue weighted by Gasteiger charge is -2.05. The van der Waals surface area contributed by atoms with E-state index in [-0.39, 0.29) is 0 Å². The fraction of sp³-hybridized carbons (Fsp3) is 0.250. The van der Waals surface area contributed by atoms with Crippen LogP contribution < -0.4 is 5.46 Å². The van der Waals surface area contributed by atoms with E-state index in [4.69, 9.17) is 22.9 Å². The summed E-state index contributed by atoms with van der Waals surface area (Å²) in [4.78, 5) is 0. The van der Waals surface area contributed by atoms with Crippen molar-refractivity contribution in [2.75, 3.05) is 0 Å². The molecule has 0 fully saturated rings. The molecule has 0 aliphatic carbocycles. The predicted octanol–water partition coefficient (Wildman–Crippen LogP) is 2.48. The van der Waals surface area contributed by atoms with Crippen molar-refractivity contribution in [3.05, 3.63) is 29.3 Å². The minimum Gasteiger partial charge on any atom is -0.165 e. The van der Waals surface area contributed by atoms with Crippen LogP contribution in [0.3, 0.4) is 0 Å². The van der Waals surface area contributed by atoms with Crippen LogP contribution in [0.2, 0.25) is 0 Å². The molecule has 0 aliphatic heterocycles. The van der Waals surface area contributed by atoms with Crippen LogP contribution in [0, 0.1) is 13.8 Å². The second-order valence-corrected chi connectivity index (χ2v) is 3.69. The van der Waals surface area contributed by atoms with Gasteiger partial charge in [0.25, 0.3) is 0 Å². The van der Waals surface area contributed by atoms with Crippen LogP contribution in [0.1, 0.15) is 11.1 Å². The average Bonchev–Trinajstić information content (AvgIpc) is 1.94. The molecule has 3 heteroatoms. The number of benzene rings is 1. The molecule has 0 spiro atoms. The summed E-state index contributed by atoms with van der Waals surface area (Å²) >= 11 is 11.5. The van der Waals surface area contributed by atoms with Crippen molar-refractivity contribution in [2.45, 2.75) is 13.8 Å². The zero-order chi connectivity index (χ0) is 8.43. The third-order valence-corrected chi connectivity index (χ3v) is 2.35. The number of halogens is 2. The third-order valence-electron chi connectivity index (χ3n) is 1.88. The second-order valence-electron chi connectivity index (χ2n) is 2.59. The van der Waals surface area contributed by atoms with Gasteiger partial charge in [0, 0.05) is 0 Å². The molecule has 0 heterocycles. The number of aryl methyl sites for hydroxylation is 1. The minimum atomic E-state index is -0.408. The fourth-order valence-electron chi connectivity index (χ4n) is 1.01. The molecule has 0 amide bonds. The highest BCUT2D eigenvalue weighted by atomic mass is 35.5. The molecule has 0 N–H and O–H groups in total. The van der Waals surface area contributed by atoms with Gasteiger partial charge in [-0.2, -0.15) is 22.9 Å². The zero-order valence-corrected chi connectivity index (χ0v) is 8.08. The van der Waals surface area contributed by atoms with Gasteiger partial charge in [-0.3, -0.25) is 0 Å². The summed E-state index contributed by atoms with van der Waals surface area (Å²) in [5.41, 5.74) is 3.01. The Kier molecular flexibility index (Phi) is 2.86. The van der Waals surface area contributed by atoms with Crippen molar-refractivity contribution in [3.63, 3.8) is 0 Å². The molecule has 0 aliphatic rings. The Bertz CT molecular complexity index is 258. The molecule has 1 rings (SSSR count). The Morgan fingerprint density at radius 3 is 2.27 bits per heavy atom. The first-order valence-corrected chi connectivity index (χ1v) is 4.34. The summed E-state index contributed by atoms with van der Waals surface area (Å²) in [5.74, 6) is 0. The summed E-state index contributed by atoms with van der Waals surface area (Å²) in [6.45, 7) is 4.08. The largest absolute Gasteiger partial charge is 0.383 e. The highest BCUT2D eigenvalue weighted by Gasteiger charge is 2.12. The molecular weight excluding hydrogens is 178 g/mol. The van der Waals surface area contributed by atoms with Crippen LogP contribution in [-0.4, -0.2) is 5.54 Å². The van der Waals surface area contributed by atoms with Gasteiger partial charge in [0.1, 0.15) is 0 Å². The Morgan fingerprint density at radius 2 is 1.82 bits per heavy atom. The highest BCUT2D eigenvalue weighted by molar-refractivity contribution is 7.39. The van der Waals surface area contributed by atoms with Crippen molar-refractivity contribution in [2.24, 2.45) is 0 Å². The molecule has 0 nitrogen and oxygen atoms in total. The van der Waals surface area contributed by atoms with Crippen molar-refractivity contribution >= 4 is 33.9 Å². The molecule has 0 radical (unpaired) electrons.